The summed E-state index contributed by atoms with van der Waals surface area (Å²) in [5.74, 6) is -1.21. The smallest absolute Gasteiger partial charge is 0.329 e. The Kier molecular flexibility index (Phi) is 3.11. The van der Waals surface area contributed by atoms with Crippen molar-refractivity contribution in [3.8, 4) is 0 Å². The normalized spacial score (nSPS) is 24.5. The molecule has 2 aliphatic rings. The number of carboxylic acid groups (broad SMARTS) is 1. The van der Waals surface area contributed by atoms with E-state index in [-0.39, 0.29) is 11.8 Å². The van der Waals surface area contributed by atoms with Crippen LogP contribution in [0.2, 0.25) is 0 Å². The molecule has 6 nitrogen and oxygen atoms in total. The largest absolute Gasteiger partial charge is 0.480 e. The molecule has 16 heavy (non-hydrogen) atoms. The lowest BCUT2D eigenvalue weighted by molar-refractivity contribution is -0.153. The first-order valence-electron chi connectivity index (χ1n) is 5.48. The topological polar surface area (TPSA) is 87.7 Å². The van der Waals surface area contributed by atoms with E-state index in [1.165, 1.54) is 0 Å². The van der Waals surface area contributed by atoms with E-state index in [4.69, 9.17) is 4.74 Å². The highest BCUT2D eigenvalue weighted by molar-refractivity contribution is 5.88. The van der Waals surface area contributed by atoms with E-state index >= 15 is 0 Å². The molecule has 0 spiro atoms. The van der Waals surface area contributed by atoms with Crippen molar-refractivity contribution in [3.05, 3.63) is 0 Å². The zero-order valence-corrected chi connectivity index (χ0v) is 8.99. The van der Waals surface area contributed by atoms with E-state index in [0.717, 1.165) is 0 Å². The van der Waals surface area contributed by atoms with Crippen LogP contribution in [0.5, 0.6) is 0 Å². The first-order valence-corrected chi connectivity index (χ1v) is 5.48. The molecule has 3 N–H and O–H groups in total. The molecule has 0 unspecified atom stereocenters. The molecule has 2 fully saturated rings. The molecule has 90 valence electrons. The van der Waals surface area contributed by atoms with Crippen LogP contribution in [-0.2, 0) is 14.3 Å². The lowest BCUT2D eigenvalue weighted by Gasteiger charge is -2.36. The maximum absolute atomic E-state index is 11.7. The third-order valence-corrected chi connectivity index (χ3v) is 3.27. The molecule has 0 radical (unpaired) electrons. The summed E-state index contributed by atoms with van der Waals surface area (Å²) < 4.78 is 5.13. The van der Waals surface area contributed by atoms with Crippen LogP contribution in [0.25, 0.3) is 0 Å². The first-order chi connectivity index (χ1) is 7.64. The number of nitrogens with one attached hydrogen (secondary N) is 2. The van der Waals surface area contributed by atoms with Crippen LogP contribution in [-0.4, -0.2) is 48.8 Å². The number of rotatable bonds is 3. The van der Waals surface area contributed by atoms with E-state index < -0.39 is 11.5 Å². The van der Waals surface area contributed by atoms with Crippen LogP contribution in [0.4, 0.5) is 0 Å². The standard InChI is InChI=1S/C10H16N2O4/c13-8(7-5-11-6-7)12-10(9(14)15)1-3-16-4-2-10/h7,11H,1-6H2,(H,12,13)(H,14,15). The van der Waals surface area contributed by atoms with Gasteiger partial charge in [0, 0.05) is 39.1 Å². The van der Waals surface area contributed by atoms with E-state index in [1.807, 2.05) is 0 Å². The van der Waals surface area contributed by atoms with Crippen LogP contribution in [0, 0.1) is 5.92 Å². The van der Waals surface area contributed by atoms with Crippen molar-refractivity contribution < 1.29 is 19.4 Å². The highest BCUT2D eigenvalue weighted by Crippen LogP contribution is 2.22. The van der Waals surface area contributed by atoms with E-state index in [2.05, 4.69) is 10.6 Å². The number of aliphatic carboxylic acids is 1. The summed E-state index contributed by atoms with van der Waals surface area (Å²) in [5.41, 5.74) is -1.12. The monoisotopic (exact) mass is 228 g/mol. The van der Waals surface area contributed by atoms with Gasteiger partial charge in [0.2, 0.25) is 5.91 Å². The Hall–Kier alpha value is -1.14. The molecule has 6 heteroatoms. The molecule has 0 aliphatic carbocycles. The van der Waals surface area contributed by atoms with E-state index in [1.54, 1.807) is 0 Å². The van der Waals surface area contributed by atoms with Gasteiger partial charge in [-0.15, -0.1) is 0 Å². The Morgan fingerprint density at radius 2 is 1.94 bits per heavy atom. The third kappa shape index (κ3) is 2.03. The van der Waals surface area contributed by atoms with Gasteiger partial charge < -0.3 is 20.5 Å². The zero-order valence-electron chi connectivity index (χ0n) is 8.99. The fourth-order valence-electron chi connectivity index (χ4n) is 1.92. The van der Waals surface area contributed by atoms with Crippen LogP contribution in [0.1, 0.15) is 12.8 Å². The highest BCUT2D eigenvalue weighted by Gasteiger charge is 2.43. The van der Waals surface area contributed by atoms with Crippen LogP contribution in [0.15, 0.2) is 0 Å². The van der Waals surface area contributed by atoms with Crippen molar-refractivity contribution in [1.29, 1.82) is 0 Å². The van der Waals surface area contributed by atoms with Crippen molar-refractivity contribution in [2.75, 3.05) is 26.3 Å². The third-order valence-electron chi connectivity index (χ3n) is 3.27. The average molecular weight is 228 g/mol. The molecule has 2 aliphatic heterocycles. The van der Waals surface area contributed by atoms with Gasteiger partial charge in [-0.05, 0) is 0 Å². The van der Waals surface area contributed by atoms with Gasteiger partial charge in [-0.2, -0.15) is 0 Å². The fourth-order valence-corrected chi connectivity index (χ4v) is 1.92. The first kappa shape index (κ1) is 11.3. The summed E-state index contributed by atoms with van der Waals surface area (Å²) >= 11 is 0. The van der Waals surface area contributed by atoms with E-state index in [0.29, 0.717) is 39.1 Å². The second kappa shape index (κ2) is 4.39. The number of carboxylic acids is 1. The molecule has 0 atom stereocenters. The predicted octanol–water partition coefficient (Wildman–Crippen LogP) is -1.04. The molecular weight excluding hydrogens is 212 g/mol. The van der Waals surface area contributed by atoms with Gasteiger partial charge in [0.15, 0.2) is 0 Å². The van der Waals surface area contributed by atoms with E-state index in [9.17, 15) is 14.7 Å². The average Bonchev–Trinajstić information content (AvgIpc) is 2.15. The summed E-state index contributed by atoms with van der Waals surface area (Å²) in [7, 11) is 0. The van der Waals surface area contributed by atoms with Gasteiger partial charge in [0.25, 0.3) is 0 Å². The Bertz CT molecular complexity index is 295. The zero-order chi connectivity index (χ0) is 11.6. The molecule has 2 heterocycles. The molecule has 1 amide bonds. The molecule has 0 aromatic rings. The Morgan fingerprint density at radius 3 is 2.38 bits per heavy atom. The summed E-state index contributed by atoms with van der Waals surface area (Å²) in [4.78, 5) is 23.0. The van der Waals surface area contributed by atoms with Gasteiger partial charge in [0.1, 0.15) is 5.54 Å². The number of carbonyl (C=O) groups excluding carboxylic acids is 1. The van der Waals surface area contributed by atoms with Crippen molar-refractivity contribution in [2.24, 2.45) is 5.92 Å². The van der Waals surface area contributed by atoms with Crippen molar-refractivity contribution in [1.82, 2.24) is 10.6 Å². The summed E-state index contributed by atoms with van der Waals surface area (Å²) in [5, 5.41) is 14.9. The Balaban J connectivity index is 2.01. The lowest BCUT2D eigenvalue weighted by Crippen LogP contribution is -2.62. The van der Waals surface area contributed by atoms with Crippen LogP contribution in [0.3, 0.4) is 0 Å². The van der Waals surface area contributed by atoms with Crippen LogP contribution >= 0.6 is 0 Å². The summed E-state index contributed by atoms with van der Waals surface area (Å²) in [6.07, 6.45) is 0.683. The van der Waals surface area contributed by atoms with Crippen molar-refractivity contribution in [3.63, 3.8) is 0 Å². The molecule has 0 aromatic carbocycles. The number of amides is 1. The molecular formula is C10H16N2O4. The number of hydrogen-bond donors (Lipinski definition) is 3. The minimum atomic E-state index is -1.12. The van der Waals surface area contributed by atoms with Crippen LogP contribution < -0.4 is 10.6 Å². The second-order valence-electron chi connectivity index (χ2n) is 4.34. The molecule has 0 bridgehead atoms. The molecule has 2 saturated heterocycles. The minimum Gasteiger partial charge on any atom is -0.480 e. The Labute approximate surface area is 93.3 Å². The number of ether oxygens (including phenoxy) is 1. The van der Waals surface area contributed by atoms with Crippen molar-refractivity contribution in [2.45, 2.75) is 18.4 Å². The maximum Gasteiger partial charge on any atom is 0.329 e. The highest BCUT2D eigenvalue weighted by atomic mass is 16.5. The SMILES string of the molecule is O=C(NC1(C(=O)O)CCOCC1)C1CNC1. The van der Waals surface area contributed by atoms with Gasteiger partial charge in [0.05, 0.1) is 5.92 Å². The Morgan fingerprint density at radius 1 is 1.31 bits per heavy atom. The fraction of sp³-hybridized carbons (Fsp3) is 0.800. The lowest BCUT2D eigenvalue weighted by atomic mass is 9.88. The van der Waals surface area contributed by atoms with Gasteiger partial charge in [-0.25, -0.2) is 4.79 Å². The summed E-state index contributed by atoms with van der Waals surface area (Å²) in [6, 6.07) is 0. The number of hydrogen-bond acceptors (Lipinski definition) is 4. The van der Waals surface area contributed by atoms with Gasteiger partial charge >= 0.3 is 5.97 Å². The molecule has 2 rings (SSSR count). The van der Waals surface area contributed by atoms with Gasteiger partial charge in [-0.1, -0.05) is 0 Å². The minimum absolute atomic E-state index is 0.0842. The predicted molar refractivity (Wildman–Crippen MR) is 54.9 cm³/mol. The maximum atomic E-state index is 11.7. The second-order valence-corrected chi connectivity index (χ2v) is 4.34. The molecule has 0 saturated carbocycles. The van der Waals surface area contributed by atoms with Gasteiger partial charge in [-0.3, -0.25) is 4.79 Å². The number of carbonyl (C=O) groups is 2. The summed E-state index contributed by atoms with van der Waals surface area (Å²) in [6.45, 7) is 2.04. The molecule has 0 aromatic heterocycles. The quantitative estimate of drug-likeness (QED) is 0.574. The van der Waals surface area contributed by atoms with Crippen molar-refractivity contribution >= 4 is 11.9 Å².